The molecule has 0 spiro atoms. The highest BCUT2D eigenvalue weighted by Crippen LogP contribution is 2.20. The van der Waals surface area contributed by atoms with Crippen LogP contribution in [-0.4, -0.2) is 40.9 Å². The molecule has 2 atom stereocenters. The summed E-state index contributed by atoms with van der Waals surface area (Å²) in [7, 11) is 0. The molecule has 20 heavy (non-hydrogen) atoms. The van der Waals surface area contributed by atoms with Gasteiger partial charge in [-0.1, -0.05) is 13.8 Å². The lowest BCUT2D eigenvalue weighted by molar-refractivity contribution is -0.402. The molecule has 1 N–H and O–H groups in total. The molecule has 2 heterocycles. The number of amides is 1. The van der Waals surface area contributed by atoms with Gasteiger partial charge in [0.15, 0.2) is 5.76 Å². The van der Waals surface area contributed by atoms with E-state index < -0.39 is 10.8 Å². The van der Waals surface area contributed by atoms with Crippen LogP contribution in [-0.2, 0) is 0 Å². The van der Waals surface area contributed by atoms with E-state index in [1.54, 1.807) is 4.90 Å². The maximum Gasteiger partial charge on any atom is 0.433 e. The van der Waals surface area contributed by atoms with E-state index in [2.05, 4.69) is 12.2 Å². The maximum absolute atomic E-state index is 12.4. The topological polar surface area (TPSA) is 88.6 Å². The van der Waals surface area contributed by atoms with Gasteiger partial charge in [-0.05, 0) is 18.9 Å². The number of hydrogen-bond acceptors (Lipinski definition) is 5. The molecule has 0 radical (unpaired) electrons. The first-order valence-electron chi connectivity index (χ1n) is 6.85. The molecule has 0 saturated carbocycles. The van der Waals surface area contributed by atoms with Gasteiger partial charge in [-0.25, -0.2) is 0 Å². The second-order valence-corrected chi connectivity index (χ2v) is 4.93. The minimum Gasteiger partial charge on any atom is -0.395 e. The quantitative estimate of drug-likeness (QED) is 0.671. The fourth-order valence-electron chi connectivity index (χ4n) is 2.43. The zero-order chi connectivity index (χ0) is 14.7. The summed E-state index contributed by atoms with van der Waals surface area (Å²) in [5, 5.41) is 14.0. The van der Waals surface area contributed by atoms with Crippen molar-refractivity contribution in [1.82, 2.24) is 10.2 Å². The number of nitro groups is 1. The van der Waals surface area contributed by atoms with Crippen molar-refractivity contribution in [2.75, 3.05) is 13.1 Å². The van der Waals surface area contributed by atoms with Crippen LogP contribution in [0, 0.1) is 10.1 Å². The molecule has 1 amide bonds. The molecule has 1 aromatic heterocycles. The summed E-state index contributed by atoms with van der Waals surface area (Å²) in [5.74, 6) is -0.639. The monoisotopic (exact) mass is 281 g/mol. The van der Waals surface area contributed by atoms with Gasteiger partial charge in [0, 0.05) is 25.2 Å². The highest BCUT2D eigenvalue weighted by molar-refractivity contribution is 5.92. The summed E-state index contributed by atoms with van der Waals surface area (Å²) < 4.78 is 5.01. The number of hydrogen-bond donors (Lipinski definition) is 1. The van der Waals surface area contributed by atoms with Crippen molar-refractivity contribution in [2.24, 2.45) is 0 Å². The number of nitrogens with zero attached hydrogens (tertiary/aromatic N) is 2. The van der Waals surface area contributed by atoms with Crippen LogP contribution in [0.15, 0.2) is 16.5 Å². The lowest BCUT2D eigenvalue weighted by atomic mass is 10.0. The SMILES string of the molecule is CCC1CN(C(=O)c2ccc([N+](=O)[O-])o2)C(CC)CN1. The van der Waals surface area contributed by atoms with Crippen LogP contribution in [0.5, 0.6) is 0 Å². The number of piperazine rings is 1. The van der Waals surface area contributed by atoms with E-state index >= 15 is 0 Å². The second kappa shape index (κ2) is 6.04. The molecule has 7 heteroatoms. The van der Waals surface area contributed by atoms with Gasteiger partial charge in [0.1, 0.15) is 4.92 Å². The summed E-state index contributed by atoms with van der Waals surface area (Å²) >= 11 is 0. The number of rotatable bonds is 4. The minimum absolute atomic E-state index is 0.0342. The average molecular weight is 281 g/mol. The van der Waals surface area contributed by atoms with Gasteiger partial charge < -0.3 is 14.6 Å². The van der Waals surface area contributed by atoms with E-state index in [9.17, 15) is 14.9 Å². The standard InChI is InChI=1S/C13H19N3O4/c1-3-9-8-15(10(4-2)7-14-9)13(17)11-5-6-12(20-11)16(18)19/h5-6,9-10,14H,3-4,7-8H2,1-2H3. The molecule has 1 aliphatic heterocycles. The Hall–Kier alpha value is -1.89. The normalized spacial score (nSPS) is 22.8. The largest absolute Gasteiger partial charge is 0.433 e. The van der Waals surface area contributed by atoms with Gasteiger partial charge in [0.25, 0.3) is 5.91 Å². The van der Waals surface area contributed by atoms with Gasteiger partial charge in [-0.3, -0.25) is 14.9 Å². The lowest BCUT2D eigenvalue weighted by Gasteiger charge is -2.39. The highest BCUT2D eigenvalue weighted by atomic mass is 16.6. The molecule has 1 fully saturated rings. The smallest absolute Gasteiger partial charge is 0.395 e. The molecule has 1 aromatic rings. The van der Waals surface area contributed by atoms with Gasteiger partial charge in [-0.2, -0.15) is 0 Å². The third-order valence-electron chi connectivity index (χ3n) is 3.71. The Bertz CT molecular complexity index is 500. The van der Waals surface area contributed by atoms with Crippen molar-refractivity contribution in [2.45, 2.75) is 38.8 Å². The lowest BCUT2D eigenvalue weighted by Crippen LogP contribution is -2.57. The molecule has 2 unspecified atom stereocenters. The third-order valence-corrected chi connectivity index (χ3v) is 3.71. The molecular formula is C13H19N3O4. The summed E-state index contributed by atoms with van der Waals surface area (Å²) in [6, 6.07) is 2.94. The Balaban J connectivity index is 2.17. The summed E-state index contributed by atoms with van der Waals surface area (Å²) in [5.41, 5.74) is 0. The molecule has 7 nitrogen and oxygen atoms in total. The van der Waals surface area contributed by atoms with Crippen LogP contribution >= 0.6 is 0 Å². The van der Waals surface area contributed by atoms with E-state index in [0.29, 0.717) is 6.54 Å². The van der Waals surface area contributed by atoms with E-state index in [4.69, 9.17) is 4.42 Å². The number of nitrogens with one attached hydrogen (secondary N) is 1. The third kappa shape index (κ3) is 2.82. The Morgan fingerprint density at radius 1 is 1.50 bits per heavy atom. The van der Waals surface area contributed by atoms with E-state index in [1.807, 2.05) is 6.92 Å². The van der Waals surface area contributed by atoms with Gasteiger partial charge in [0.05, 0.1) is 6.07 Å². The summed E-state index contributed by atoms with van der Waals surface area (Å²) in [6.45, 7) is 5.42. The van der Waals surface area contributed by atoms with Crippen molar-refractivity contribution in [3.8, 4) is 0 Å². The molecule has 1 aliphatic rings. The van der Waals surface area contributed by atoms with Crippen molar-refractivity contribution in [1.29, 1.82) is 0 Å². The fourth-order valence-corrected chi connectivity index (χ4v) is 2.43. The van der Waals surface area contributed by atoms with Crippen LogP contribution < -0.4 is 5.32 Å². The number of carbonyl (C=O) groups excluding carboxylic acids is 1. The molecule has 1 saturated heterocycles. The highest BCUT2D eigenvalue weighted by Gasteiger charge is 2.32. The van der Waals surface area contributed by atoms with Gasteiger partial charge in [-0.15, -0.1) is 0 Å². The zero-order valence-corrected chi connectivity index (χ0v) is 11.7. The van der Waals surface area contributed by atoms with Crippen LogP contribution in [0.4, 0.5) is 5.88 Å². The van der Waals surface area contributed by atoms with E-state index in [-0.39, 0.29) is 23.8 Å². The number of carbonyl (C=O) groups is 1. The predicted octanol–water partition coefficient (Wildman–Crippen LogP) is 1.79. The Morgan fingerprint density at radius 2 is 2.25 bits per heavy atom. The molecule has 110 valence electrons. The van der Waals surface area contributed by atoms with Crippen molar-refractivity contribution in [3.63, 3.8) is 0 Å². The van der Waals surface area contributed by atoms with Crippen LogP contribution in [0.3, 0.4) is 0 Å². The zero-order valence-electron chi connectivity index (χ0n) is 11.7. The molecule has 0 bridgehead atoms. The second-order valence-electron chi connectivity index (χ2n) is 4.93. The first-order chi connectivity index (χ1) is 9.56. The van der Waals surface area contributed by atoms with Crippen molar-refractivity contribution in [3.05, 3.63) is 28.0 Å². The van der Waals surface area contributed by atoms with E-state index in [0.717, 1.165) is 19.4 Å². The summed E-state index contributed by atoms with van der Waals surface area (Å²) in [4.78, 5) is 24.2. The molecule has 0 aliphatic carbocycles. The van der Waals surface area contributed by atoms with E-state index in [1.165, 1.54) is 12.1 Å². The van der Waals surface area contributed by atoms with Crippen molar-refractivity contribution < 1.29 is 14.1 Å². The number of furan rings is 1. The predicted molar refractivity (Wildman–Crippen MR) is 72.6 cm³/mol. The van der Waals surface area contributed by atoms with Gasteiger partial charge in [0.2, 0.25) is 0 Å². The summed E-state index contributed by atoms with van der Waals surface area (Å²) in [6.07, 6.45) is 1.76. The maximum atomic E-state index is 12.4. The van der Waals surface area contributed by atoms with Crippen LogP contribution in [0.25, 0.3) is 0 Å². The minimum atomic E-state index is -0.638. The van der Waals surface area contributed by atoms with Crippen LogP contribution in [0.1, 0.15) is 37.2 Å². The Labute approximate surface area is 117 Å². The fraction of sp³-hybridized carbons (Fsp3) is 0.615. The molecule has 2 rings (SSSR count). The average Bonchev–Trinajstić information content (AvgIpc) is 2.95. The van der Waals surface area contributed by atoms with Gasteiger partial charge >= 0.3 is 5.88 Å². The Kier molecular flexibility index (Phi) is 4.39. The van der Waals surface area contributed by atoms with Crippen LogP contribution in [0.2, 0.25) is 0 Å². The Morgan fingerprint density at radius 3 is 2.80 bits per heavy atom. The molecule has 0 aromatic carbocycles. The first-order valence-corrected chi connectivity index (χ1v) is 6.85. The first kappa shape index (κ1) is 14.5. The molecular weight excluding hydrogens is 262 g/mol. The van der Waals surface area contributed by atoms with Crippen molar-refractivity contribution >= 4 is 11.8 Å².